The van der Waals surface area contributed by atoms with Gasteiger partial charge in [0.25, 0.3) is 0 Å². The molecule has 1 nitrogen and oxygen atoms in total. The first-order valence-corrected chi connectivity index (χ1v) is 4.47. The average Bonchev–Trinajstić information content (AvgIpc) is 2.45. The van der Waals surface area contributed by atoms with E-state index in [1.807, 2.05) is 6.07 Å². The quantitative estimate of drug-likeness (QED) is 0.639. The van der Waals surface area contributed by atoms with Crippen molar-refractivity contribution in [3.8, 4) is 0 Å². The Balaban J connectivity index is 2.93. The number of thiazole rings is 1. The van der Waals surface area contributed by atoms with Crippen molar-refractivity contribution < 1.29 is 0 Å². The van der Waals surface area contributed by atoms with Gasteiger partial charge in [0.2, 0.25) is 0 Å². The zero-order valence-corrected chi connectivity index (χ0v) is 7.59. The highest BCUT2D eigenvalue weighted by atomic mass is 35.5. The van der Waals surface area contributed by atoms with E-state index >= 15 is 0 Å². The second-order valence-electron chi connectivity index (χ2n) is 2.01. The Hall–Kier alpha value is -0.310. The molecule has 0 bridgehead atoms. The molecule has 0 fully saturated rings. The summed E-state index contributed by atoms with van der Waals surface area (Å²) in [5.74, 6) is 0. The van der Waals surface area contributed by atoms with Gasteiger partial charge in [0, 0.05) is 0 Å². The largest absolute Gasteiger partial charge is 0.232 e. The molecule has 0 N–H and O–H groups in total. The normalized spacial score (nSPS) is 10.7. The first kappa shape index (κ1) is 7.35. The van der Waals surface area contributed by atoms with Crippen molar-refractivity contribution >= 4 is 44.8 Å². The van der Waals surface area contributed by atoms with Gasteiger partial charge in [0.1, 0.15) is 5.52 Å². The van der Waals surface area contributed by atoms with Crippen LogP contribution in [-0.2, 0) is 0 Å². The fourth-order valence-corrected chi connectivity index (χ4v) is 1.86. The molecule has 0 spiro atoms. The number of halogens is 2. The molecule has 4 heteroatoms. The van der Waals surface area contributed by atoms with Gasteiger partial charge in [-0.15, -0.1) is 11.3 Å². The van der Waals surface area contributed by atoms with Crippen LogP contribution in [0.3, 0.4) is 0 Å². The van der Waals surface area contributed by atoms with Crippen LogP contribution in [0.2, 0.25) is 10.0 Å². The summed E-state index contributed by atoms with van der Waals surface area (Å²) in [5, 5.41) is 1.06. The van der Waals surface area contributed by atoms with Crippen LogP contribution >= 0.6 is 34.5 Å². The van der Waals surface area contributed by atoms with Crippen LogP contribution in [-0.4, -0.2) is 4.98 Å². The minimum absolute atomic E-state index is 0.515. The fourth-order valence-electron chi connectivity index (χ4n) is 0.826. The topological polar surface area (TPSA) is 12.9 Å². The Kier molecular flexibility index (Phi) is 1.75. The monoisotopic (exact) mass is 202 g/mol. The lowest BCUT2D eigenvalue weighted by molar-refractivity contribution is 1.48. The summed E-state index contributed by atoms with van der Waals surface area (Å²) in [6.07, 6.45) is 0. The molecule has 55 valence electrons. The summed E-state index contributed by atoms with van der Waals surface area (Å²) in [6, 6.07) is 3.65. The van der Waals surface area contributed by atoms with Crippen LogP contribution in [0, 0.1) is 5.51 Å². The molecule has 1 aromatic heterocycles. The van der Waals surface area contributed by atoms with E-state index in [4.69, 9.17) is 23.2 Å². The van der Waals surface area contributed by atoms with Crippen LogP contribution in [0.1, 0.15) is 0 Å². The van der Waals surface area contributed by atoms with Crippen molar-refractivity contribution in [3.05, 3.63) is 27.7 Å². The van der Waals surface area contributed by atoms with Crippen molar-refractivity contribution in [2.24, 2.45) is 0 Å². The van der Waals surface area contributed by atoms with Gasteiger partial charge in [0.15, 0.2) is 5.51 Å². The van der Waals surface area contributed by atoms with E-state index < -0.39 is 0 Å². The van der Waals surface area contributed by atoms with E-state index in [2.05, 4.69) is 10.5 Å². The Morgan fingerprint density at radius 2 is 2.18 bits per heavy atom. The highest BCUT2D eigenvalue weighted by Gasteiger charge is 2.04. The molecule has 0 atom stereocenters. The standard InChI is InChI=1S/C7H2Cl2NS/c8-4-1-2-5-7(6(4)9)10-3-11-5/h1-2H. The zero-order valence-electron chi connectivity index (χ0n) is 5.27. The van der Waals surface area contributed by atoms with Crippen LogP contribution in [0.5, 0.6) is 0 Å². The minimum atomic E-state index is 0.515. The molecule has 0 saturated heterocycles. The van der Waals surface area contributed by atoms with Gasteiger partial charge in [-0.3, -0.25) is 0 Å². The summed E-state index contributed by atoms with van der Waals surface area (Å²) in [6.45, 7) is 0. The molecule has 0 amide bonds. The minimum Gasteiger partial charge on any atom is -0.232 e. The Morgan fingerprint density at radius 3 is 3.00 bits per heavy atom. The molecule has 2 aromatic rings. The predicted octanol–water partition coefficient (Wildman–Crippen LogP) is 3.40. The molecule has 0 saturated carbocycles. The lowest BCUT2D eigenvalue weighted by atomic mass is 10.3. The van der Waals surface area contributed by atoms with Gasteiger partial charge in [-0.1, -0.05) is 23.2 Å². The smallest absolute Gasteiger partial charge is 0.153 e. The first-order chi connectivity index (χ1) is 5.29. The van der Waals surface area contributed by atoms with Crippen LogP contribution < -0.4 is 0 Å². The van der Waals surface area contributed by atoms with Crippen LogP contribution in [0.4, 0.5) is 0 Å². The third-order valence-corrected chi connectivity index (χ3v) is 2.87. The zero-order chi connectivity index (χ0) is 7.84. The first-order valence-electron chi connectivity index (χ1n) is 2.89. The van der Waals surface area contributed by atoms with E-state index in [1.165, 1.54) is 11.3 Å². The summed E-state index contributed by atoms with van der Waals surface area (Å²) < 4.78 is 1.01. The van der Waals surface area contributed by atoms with Gasteiger partial charge in [-0.2, -0.15) is 0 Å². The number of fused-ring (bicyclic) bond motifs is 1. The molecule has 1 aromatic carbocycles. The molecule has 0 unspecified atom stereocenters. The molecule has 0 aliphatic carbocycles. The molecular formula is C7H2Cl2NS. The molecule has 2 rings (SSSR count). The van der Waals surface area contributed by atoms with Gasteiger partial charge in [0.05, 0.1) is 14.7 Å². The van der Waals surface area contributed by atoms with Gasteiger partial charge < -0.3 is 0 Å². The van der Waals surface area contributed by atoms with Crippen LogP contribution in [0.25, 0.3) is 10.2 Å². The number of rotatable bonds is 0. The van der Waals surface area contributed by atoms with Crippen molar-refractivity contribution in [3.63, 3.8) is 0 Å². The summed E-state index contributed by atoms with van der Waals surface area (Å²) >= 11 is 13.1. The van der Waals surface area contributed by atoms with Crippen molar-refractivity contribution in [1.82, 2.24) is 4.98 Å². The third-order valence-electron chi connectivity index (χ3n) is 1.35. The van der Waals surface area contributed by atoms with Gasteiger partial charge in [-0.05, 0) is 12.1 Å². The second-order valence-corrected chi connectivity index (χ2v) is 3.62. The number of nitrogens with zero attached hydrogens (tertiary/aromatic N) is 1. The molecule has 0 aliphatic heterocycles. The molecule has 1 radical (unpaired) electrons. The van der Waals surface area contributed by atoms with Gasteiger partial charge >= 0.3 is 0 Å². The Morgan fingerprint density at radius 1 is 1.36 bits per heavy atom. The second kappa shape index (κ2) is 2.63. The van der Waals surface area contributed by atoms with E-state index in [0.717, 1.165) is 10.2 Å². The molecule has 11 heavy (non-hydrogen) atoms. The predicted molar refractivity (Wildman–Crippen MR) is 48.5 cm³/mol. The molecular weight excluding hydrogens is 201 g/mol. The van der Waals surface area contributed by atoms with E-state index in [1.54, 1.807) is 6.07 Å². The summed E-state index contributed by atoms with van der Waals surface area (Å²) in [5.41, 5.74) is 3.49. The third kappa shape index (κ3) is 1.11. The Labute approximate surface area is 77.6 Å². The highest BCUT2D eigenvalue weighted by molar-refractivity contribution is 7.16. The van der Waals surface area contributed by atoms with E-state index in [-0.39, 0.29) is 0 Å². The van der Waals surface area contributed by atoms with E-state index in [0.29, 0.717) is 10.0 Å². The fraction of sp³-hybridized carbons (Fsp3) is 0. The van der Waals surface area contributed by atoms with Gasteiger partial charge in [-0.25, -0.2) is 4.98 Å². The molecule has 1 heterocycles. The number of hydrogen-bond acceptors (Lipinski definition) is 2. The maximum absolute atomic E-state index is 5.86. The maximum atomic E-state index is 5.86. The average molecular weight is 203 g/mol. The molecule has 0 aliphatic rings. The van der Waals surface area contributed by atoms with Crippen molar-refractivity contribution in [2.75, 3.05) is 0 Å². The maximum Gasteiger partial charge on any atom is 0.153 e. The highest BCUT2D eigenvalue weighted by Crippen LogP contribution is 2.31. The van der Waals surface area contributed by atoms with Crippen molar-refractivity contribution in [1.29, 1.82) is 0 Å². The number of hydrogen-bond donors (Lipinski definition) is 0. The SMILES string of the molecule is Clc1ccc2s[c]nc2c1Cl. The van der Waals surface area contributed by atoms with E-state index in [9.17, 15) is 0 Å². The lowest BCUT2D eigenvalue weighted by Crippen LogP contribution is -1.71. The lowest BCUT2D eigenvalue weighted by Gasteiger charge is -1.93. The summed E-state index contributed by atoms with van der Waals surface area (Å²) in [7, 11) is 0. The van der Waals surface area contributed by atoms with Crippen molar-refractivity contribution in [2.45, 2.75) is 0 Å². The summed E-state index contributed by atoms with van der Waals surface area (Å²) in [4.78, 5) is 3.96. The Bertz CT molecular complexity index is 396. The van der Waals surface area contributed by atoms with Crippen LogP contribution in [0.15, 0.2) is 12.1 Å². The number of aromatic nitrogens is 1. The number of benzene rings is 1.